The van der Waals surface area contributed by atoms with E-state index in [9.17, 15) is 14.4 Å². The smallest absolute Gasteiger partial charge is 0.273 e. The normalized spacial score (nSPS) is 13.9. The molecule has 0 bridgehead atoms. The number of nitrogen functional groups attached to an aromatic ring is 1. The van der Waals surface area contributed by atoms with Crippen LogP contribution < -0.4 is 35.9 Å². The number of aromatic nitrogens is 1. The maximum Gasteiger partial charge on any atom is 0.273 e. The molecule has 1 aromatic heterocycles. The van der Waals surface area contributed by atoms with E-state index < -0.39 is 23.8 Å². The first-order chi connectivity index (χ1) is 18.8. The summed E-state index contributed by atoms with van der Waals surface area (Å²) in [5.41, 5.74) is 11.9. The van der Waals surface area contributed by atoms with Gasteiger partial charge < -0.3 is 31.0 Å². The van der Waals surface area contributed by atoms with Crippen molar-refractivity contribution in [3.8, 4) is 17.2 Å². The van der Waals surface area contributed by atoms with Gasteiger partial charge in [0.2, 0.25) is 5.91 Å². The second kappa shape index (κ2) is 12.0. The number of hydrogen-bond acceptors (Lipinski definition) is 9. The Morgan fingerprint density at radius 1 is 1.03 bits per heavy atom. The number of nitrogens with one attached hydrogen (secondary N) is 1. The second-order valence-electron chi connectivity index (χ2n) is 9.02. The highest BCUT2D eigenvalue weighted by molar-refractivity contribution is 7.09. The predicted molar refractivity (Wildman–Crippen MR) is 148 cm³/mol. The van der Waals surface area contributed by atoms with Crippen molar-refractivity contribution in [3.63, 3.8) is 0 Å². The number of carbonyl (C=O) groups excluding carboxylic acids is 3. The Bertz CT molecular complexity index is 1370. The second-order valence-corrected chi connectivity index (χ2v) is 9.79. The lowest BCUT2D eigenvalue weighted by Crippen LogP contribution is -2.46. The zero-order valence-corrected chi connectivity index (χ0v) is 22.7. The van der Waals surface area contributed by atoms with Gasteiger partial charge in [0.1, 0.15) is 28.2 Å². The highest BCUT2D eigenvalue weighted by Gasteiger charge is 2.39. The van der Waals surface area contributed by atoms with Crippen LogP contribution in [0, 0.1) is 0 Å². The molecule has 3 amide bonds. The molecule has 2 aromatic carbocycles. The zero-order chi connectivity index (χ0) is 28.1. The van der Waals surface area contributed by atoms with Crippen molar-refractivity contribution in [2.75, 3.05) is 32.0 Å². The molecule has 1 aliphatic carbocycles. The van der Waals surface area contributed by atoms with Crippen molar-refractivity contribution in [3.05, 3.63) is 58.6 Å². The third-order valence-electron chi connectivity index (χ3n) is 6.65. The summed E-state index contributed by atoms with van der Waals surface area (Å²) in [7, 11) is 4.49. The van der Waals surface area contributed by atoms with Crippen LogP contribution in [0.1, 0.15) is 57.4 Å². The highest BCUT2D eigenvalue weighted by Crippen LogP contribution is 2.39. The molecule has 1 saturated carbocycles. The lowest BCUT2D eigenvalue weighted by atomic mass is 10.00. The molecule has 1 fully saturated rings. The summed E-state index contributed by atoms with van der Waals surface area (Å²) in [6.07, 6.45) is 3.68. The first kappa shape index (κ1) is 27.7. The number of benzene rings is 2. The minimum Gasteiger partial charge on any atom is -0.497 e. The minimum atomic E-state index is -1.21. The van der Waals surface area contributed by atoms with E-state index in [0.29, 0.717) is 28.5 Å². The van der Waals surface area contributed by atoms with Crippen molar-refractivity contribution < 1.29 is 28.6 Å². The largest absolute Gasteiger partial charge is 0.497 e. The molecule has 206 valence electrons. The van der Waals surface area contributed by atoms with Gasteiger partial charge in [0.05, 0.1) is 27.0 Å². The first-order valence-electron chi connectivity index (χ1n) is 12.3. The molecule has 0 spiro atoms. The summed E-state index contributed by atoms with van der Waals surface area (Å²) in [4.78, 5) is 41.5. The van der Waals surface area contributed by atoms with Gasteiger partial charge in [-0.2, -0.15) is 4.37 Å². The van der Waals surface area contributed by atoms with Gasteiger partial charge in [0.15, 0.2) is 5.69 Å². The lowest BCUT2D eigenvalue weighted by Gasteiger charge is -2.33. The summed E-state index contributed by atoms with van der Waals surface area (Å²) >= 11 is 0.734. The molecule has 0 radical (unpaired) electrons. The van der Waals surface area contributed by atoms with Crippen molar-refractivity contribution in [1.29, 1.82) is 0 Å². The van der Waals surface area contributed by atoms with Crippen LogP contribution in [0.4, 0.5) is 11.4 Å². The van der Waals surface area contributed by atoms with Crippen LogP contribution in [-0.4, -0.2) is 49.5 Å². The first-order valence-corrected chi connectivity index (χ1v) is 13.1. The number of carbonyl (C=O) groups is 3. The SMILES string of the molecule is COc1cccc(N(C(=O)c2snc(C(N)=O)c2N)[C@@H](C(=O)NC2CCCC2)c2cc(OC)ccc2OC)c1. The molecule has 1 aliphatic rings. The number of nitrogens with zero attached hydrogens (tertiary/aromatic N) is 2. The fourth-order valence-corrected chi connectivity index (χ4v) is 5.43. The number of amides is 3. The molecular weight excluding hydrogens is 522 g/mol. The van der Waals surface area contributed by atoms with Crippen molar-refractivity contribution in [2.45, 2.75) is 37.8 Å². The Kier molecular flexibility index (Phi) is 8.55. The van der Waals surface area contributed by atoms with Crippen LogP contribution in [0.25, 0.3) is 0 Å². The van der Waals surface area contributed by atoms with Crippen LogP contribution in [0.2, 0.25) is 0 Å². The van der Waals surface area contributed by atoms with Gasteiger partial charge in [-0.1, -0.05) is 18.9 Å². The van der Waals surface area contributed by atoms with Crippen molar-refractivity contribution in [1.82, 2.24) is 9.69 Å². The van der Waals surface area contributed by atoms with Crippen LogP contribution in [0.3, 0.4) is 0 Å². The average molecular weight is 554 g/mol. The Morgan fingerprint density at radius 3 is 2.33 bits per heavy atom. The van der Waals surface area contributed by atoms with Crippen molar-refractivity contribution in [2.24, 2.45) is 5.73 Å². The molecule has 0 saturated heterocycles. The van der Waals surface area contributed by atoms with E-state index >= 15 is 0 Å². The van der Waals surface area contributed by atoms with Crippen molar-refractivity contribution >= 4 is 40.6 Å². The maximum atomic E-state index is 14.3. The van der Waals surface area contributed by atoms with Gasteiger partial charge >= 0.3 is 0 Å². The average Bonchev–Trinajstić information content (AvgIpc) is 3.60. The van der Waals surface area contributed by atoms with Crippen LogP contribution in [0.15, 0.2) is 42.5 Å². The van der Waals surface area contributed by atoms with Crippen LogP contribution in [-0.2, 0) is 4.79 Å². The van der Waals surface area contributed by atoms with Gasteiger partial charge in [0, 0.05) is 23.4 Å². The Morgan fingerprint density at radius 2 is 1.72 bits per heavy atom. The van der Waals surface area contributed by atoms with Gasteiger partial charge in [0.25, 0.3) is 11.8 Å². The van der Waals surface area contributed by atoms with Gasteiger partial charge in [-0.3, -0.25) is 19.3 Å². The minimum absolute atomic E-state index is 0.0335. The number of primary amides is 1. The van der Waals surface area contributed by atoms with Gasteiger partial charge in [-0.25, -0.2) is 0 Å². The van der Waals surface area contributed by atoms with E-state index in [1.807, 2.05) is 0 Å². The molecule has 11 nitrogen and oxygen atoms in total. The monoisotopic (exact) mass is 553 g/mol. The molecule has 0 aliphatic heterocycles. The van der Waals surface area contributed by atoms with E-state index in [0.717, 1.165) is 37.2 Å². The molecule has 5 N–H and O–H groups in total. The zero-order valence-electron chi connectivity index (χ0n) is 21.9. The third kappa shape index (κ3) is 5.75. The standard InChI is InChI=1S/C27H31N5O6S/c1-36-17-10-6-9-16(13-17)32(27(35)24-21(28)22(25(29)33)31-39-24)23(26(34)30-15-7-4-5-8-15)19-14-18(37-2)11-12-20(19)38-3/h6,9-15,23H,4-5,7-8,28H2,1-3H3,(H2,29,33)(H,30,34)/t23-/m1/s1. The highest BCUT2D eigenvalue weighted by atomic mass is 32.1. The topological polar surface area (TPSA) is 159 Å². The molecular formula is C27H31N5O6S. The van der Waals surface area contributed by atoms with E-state index in [-0.39, 0.29) is 22.3 Å². The van der Waals surface area contributed by atoms with Gasteiger partial charge in [-0.05, 0) is 54.7 Å². The van der Waals surface area contributed by atoms with E-state index in [4.69, 9.17) is 25.7 Å². The van der Waals surface area contributed by atoms with E-state index in [1.165, 1.54) is 26.2 Å². The fraction of sp³-hybridized carbons (Fsp3) is 0.333. The van der Waals surface area contributed by atoms with E-state index in [2.05, 4.69) is 9.69 Å². The summed E-state index contributed by atoms with van der Waals surface area (Å²) in [6, 6.07) is 10.5. The summed E-state index contributed by atoms with van der Waals surface area (Å²) in [5.74, 6) is -0.618. The molecule has 3 aromatic rings. The fourth-order valence-electron chi connectivity index (χ4n) is 4.68. The summed E-state index contributed by atoms with van der Waals surface area (Å²) in [5, 5.41) is 3.11. The molecule has 39 heavy (non-hydrogen) atoms. The maximum absolute atomic E-state index is 14.3. The Hall–Kier alpha value is -4.32. The van der Waals surface area contributed by atoms with Crippen LogP contribution in [0.5, 0.6) is 17.2 Å². The van der Waals surface area contributed by atoms with E-state index in [1.54, 1.807) is 42.5 Å². The Labute approximate surface area is 230 Å². The van der Waals surface area contributed by atoms with Gasteiger partial charge in [-0.15, -0.1) is 0 Å². The lowest BCUT2D eigenvalue weighted by molar-refractivity contribution is -0.123. The number of hydrogen-bond donors (Lipinski definition) is 3. The quantitative estimate of drug-likeness (QED) is 0.345. The molecule has 1 heterocycles. The number of methoxy groups -OCH3 is 3. The number of ether oxygens (including phenoxy) is 3. The van der Waals surface area contributed by atoms with Crippen LogP contribution >= 0.6 is 11.5 Å². The molecule has 0 unspecified atom stereocenters. The summed E-state index contributed by atoms with van der Waals surface area (Å²) < 4.78 is 20.5. The molecule has 1 atom stereocenters. The Balaban J connectivity index is 1.94. The number of rotatable bonds is 10. The predicted octanol–water partition coefficient (Wildman–Crippen LogP) is 3.30. The molecule has 4 rings (SSSR count). The third-order valence-corrected chi connectivity index (χ3v) is 7.50. The molecule has 12 heteroatoms. The number of nitrogens with two attached hydrogens (primary N) is 2. The summed E-state index contributed by atoms with van der Waals surface area (Å²) in [6.45, 7) is 0. The number of anilines is 2.